The second kappa shape index (κ2) is 7.17. The van der Waals surface area contributed by atoms with E-state index in [1.165, 1.54) is 4.57 Å². The maximum absolute atomic E-state index is 12.7. The minimum absolute atomic E-state index is 0.0942. The van der Waals surface area contributed by atoms with Crippen LogP contribution >= 0.6 is 0 Å². The van der Waals surface area contributed by atoms with Crippen LogP contribution < -0.4 is 5.56 Å². The lowest BCUT2D eigenvalue weighted by molar-refractivity contribution is -0.141. The summed E-state index contributed by atoms with van der Waals surface area (Å²) < 4.78 is 6.68. The molecule has 130 valence electrons. The number of piperidine rings is 1. The van der Waals surface area contributed by atoms with Crippen molar-refractivity contribution in [1.29, 1.82) is 0 Å². The molecule has 0 radical (unpaired) electrons. The summed E-state index contributed by atoms with van der Waals surface area (Å²) in [5, 5.41) is 0. The minimum atomic E-state index is -0.302. The highest BCUT2D eigenvalue weighted by atomic mass is 16.5. The molecule has 1 aromatic rings. The number of hydrogen-bond acceptors (Lipinski definition) is 4. The quantitative estimate of drug-likeness (QED) is 0.769. The van der Waals surface area contributed by atoms with Gasteiger partial charge in [-0.3, -0.25) is 14.4 Å². The van der Waals surface area contributed by atoms with Gasteiger partial charge in [-0.15, -0.1) is 0 Å². The smallest absolute Gasteiger partial charge is 0.263 e. The van der Waals surface area contributed by atoms with Crippen LogP contribution in [-0.2, 0) is 16.6 Å². The highest BCUT2D eigenvalue weighted by Crippen LogP contribution is 2.20. The van der Waals surface area contributed by atoms with Gasteiger partial charge in [0.1, 0.15) is 5.56 Å². The van der Waals surface area contributed by atoms with E-state index < -0.39 is 0 Å². The molecule has 1 atom stereocenters. The van der Waals surface area contributed by atoms with Crippen LogP contribution in [0.25, 0.3) is 0 Å². The van der Waals surface area contributed by atoms with Crippen LogP contribution in [0.1, 0.15) is 23.2 Å². The van der Waals surface area contributed by atoms with Gasteiger partial charge in [0.2, 0.25) is 5.91 Å². The number of nitrogens with zero attached hydrogens (tertiary/aromatic N) is 3. The van der Waals surface area contributed by atoms with E-state index >= 15 is 0 Å². The first-order valence-electron chi connectivity index (χ1n) is 8.39. The number of aryl methyl sites for hydroxylation is 1. The van der Waals surface area contributed by atoms with Crippen molar-refractivity contribution in [2.75, 3.05) is 39.4 Å². The van der Waals surface area contributed by atoms with Crippen molar-refractivity contribution in [2.24, 2.45) is 13.0 Å². The summed E-state index contributed by atoms with van der Waals surface area (Å²) in [6.45, 7) is 3.34. The van der Waals surface area contributed by atoms with Gasteiger partial charge in [-0.2, -0.15) is 0 Å². The summed E-state index contributed by atoms with van der Waals surface area (Å²) in [6, 6.07) is 3.24. The topological polar surface area (TPSA) is 71.8 Å². The molecule has 2 aliphatic heterocycles. The van der Waals surface area contributed by atoms with Crippen molar-refractivity contribution in [1.82, 2.24) is 14.4 Å². The van der Waals surface area contributed by atoms with E-state index in [9.17, 15) is 14.4 Å². The lowest BCUT2D eigenvalue weighted by atomic mass is 9.95. The van der Waals surface area contributed by atoms with Crippen LogP contribution in [0.3, 0.4) is 0 Å². The Morgan fingerprint density at radius 1 is 1.17 bits per heavy atom. The second-order valence-corrected chi connectivity index (χ2v) is 6.37. The Kier molecular flexibility index (Phi) is 4.99. The normalized spacial score (nSPS) is 21.6. The third-order valence-corrected chi connectivity index (χ3v) is 4.73. The number of hydrogen-bond donors (Lipinski definition) is 0. The first kappa shape index (κ1) is 16.7. The molecule has 7 nitrogen and oxygen atoms in total. The molecule has 0 N–H and O–H groups in total. The Labute approximate surface area is 140 Å². The average molecular weight is 333 g/mol. The summed E-state index contributed by atoms with van der Waals surface area (Å²) >= 11 is 0. The molecule has 0 saturated carbocycles. The molecular weight excluding hydrogens is 310 g/mol. The van der Waals surface area contributed by atoms with E-state index in [1.807, 2.05) is 4.90 Å². The number of ether oxygens (including phenoxy) is 1. The Hall–Kier alpha value is -2.15. The number of carbonyl (C=O) groups is 2. The monoisotopic (exact) mass is 333 g/mol. The Balaban J connectivity index is 1.71. The molecule has 1 unspecified atom stereocenters. The average Bonchev–Trinajstić information content (AvgIpc) is 2.63. The second-order valence-electron chi connectivity index (χ2n) is 6.37. The van der Waals surface area contributed by atoms with Crippen molar-refractivity contribution in [2.45, 2.75) is 12.8 Å². The van der Waals surface area contributed by atoms with Crippen molar-refractivity contribution in [3.63, 3.8) is 0 Å². The van der Waals surface area contributed by atoms with E-state index in [0.29, 0.717) is 39.4 Å². The van der Waals surface area contributed by atoms with Gasteiger partial charge in [-0.05, 0) is 25.0 Å². The molecule has 3 rings (SSSR count). The number of likely N-dealkylation sites (tertiary alicyclic amines) is 1. The number of rotatable bonds is 2. The zero-order valence-corrected chi connectivity index (χ0v) is 13.9. The molecule has 2 saturated heterocycles. The van der Waals surface area contributed by atoms with Gasteiger partial charge in [-0.25, -0.2) is 0 Å². The fraction of sp³-hybridized carbons (Fsp3) is 0.588. The Morgan fingerprint density at radius 3 is 2.67 bits per heavy atom. The maximum atomic E-state index is 12.7. The van der Waals surface area contributed by atoms with E-state index in [-0.39, 0.29) is 28.9 Å². The summed E-state index contributed by atoms with van der Waals surface area (Å²) in [6.07, 6.45) is 3.19. The van der Waals surface area contributed by atoms with Gasteiger partial charge in [0.15, 0.2) is 0 Å². The standard InChI is InChI=1S/C17H23N3O4/c1-18-6-3-5-14(16(18)22)17(23)20-7-2-4-13(12-20)15(21)19-8-10-24-11-9-19/h3,5-6,13H,2,4,7-12H2,1H3. The predicted octanol–water partition coefficient (Wildman–Crippen LogP) is 0.0963. The van der Waals surface area contributed by atoms with Gasteiger partial charge in [0.05, 0.1) is 19.1 Å². The van der Waals surface area contributed by atoms with Crippen molar-refractivity contribution in [3.8, 4) is 0 Å². The molecule has 2 aliphatic rings. The van der Waals surface area contributed by atoms with Gasteiger partial charge in [-0.1, -0.05) is 0 Å². The van der Waals surface area contributed by atoms with Crippen LogP contribution in [0, 0.1) is 5.92 Å². The largest absolute Gasteiger partial charge is 0.378 e. The molecule has 3 heterocycles. The number of amides is 2. The highest BCUT2D eigenvalue weighted by Gasteiger charge is 2.32. The van der Waals surface area contributed by atoms with Crippen LogP contribution in [0.15, 0.2) is 23.1 Å². The van der Waals surface area contributed by atoms with Crippen LogP contribution in [0.5, 0.6) is 0 Å². The predicted molar refractivity (Wildman–Crippen MR) is 87.7 cm³/mol. The minimum Gasteiger partial charge on any atom is -0.378 e. The molecule has 0 bridgehead atoms. The summed E-state index contributed by atoms with van der Waals surface area (Å²) in [7, 11) is 1.63. The molecular formula is C17H23N3O4. The van der Waals surface area contributed by atoms with Crippen molar-refractivity contribution in [3.05, 3.63) is 34.2 Å². The Bertz CT molecular complexity index is 679. The summed E-state index contributed by atoms with van der Waals surface area (Å²) in [5.74, 6) is -0.374. The summed E-state index contributed by atoms with van der Waals surface area (Å²) in [4.78, 5) is 40.9. The van der Waals surface area contributed by atoms with E-state index in [2.05, 4.69) is 0 Å². The van der Waals surface area contributed by atoms with Crippen LogP contribution in [0.4, 0.5) is 0 Å². The fourth-order valence-corrected chi connectivity index (χ4v) is 3.34. The first-order valence-corrected chi connectivity index (χ1v) is 8.39. The molecule has 0 spiro atoms. The SMILES string of the molecule is Cn1cccc(C(=O)N2CCCC(C(=O)N3CCOCC3)C2)c1=O. The molecule has 1 aromatic heterocycles. The third kappa shape index (κ3) is 3.36. The number of pyridine rings is 1. The lowest BCUT2D eigenvalue weighted by Crippen LogP contribution is -2.50. The van der Waals surface area contributed by atoms with E-state index in [1.54, 1.807) is 30.3 Å². The molecule has 0 aliphatic carbocycles. The molecule has 24 heavy (non-hydrogen) atoms. The highest BCUT2D eigenvalue weighted by molar-refractivity contribution is 5.94. The van der Waals surface area contributed by atoms with Gasteiger partial charge >= 0.3 is 0 Å². The lowest BCUT2D eigenvalue weighted by Gasteiger charge is -2.36. The number of aromatic nitrogens is 1. The zero-order valence-electron chi connectivity index (χ0n) is 13.9. The molecule has 7 heteroatoms. The van der Waals surface area contributed by atoms with E-state index in [0.717, 1.165) is 12.8 Å². The number of morpholine rings is 1. The van der Waals surface area contributed by atoms with Crippen molar-refractivity contribution < 1.29 is 14.3 Å². The third-order valence-electron chi connectivity index (χ3n) is 4.73. The molecule has 2 fully saturated rings. The molecule has 0 aromatic carbocycles. The van der Waals surface area contributed by atoms with E-state index in [4.69, 9.17) is 4.74 Å². The number of carbonyl (C=O) groups excluding carboxylic acids is 2. The summed E-state index contributed by atoms with van der Waals surface area (Å²) in [5.41, 5.74) is -0.136. The zero-order chi connectivity index (χ0) is 17.1. The first-order chi connectivity index (χ1) is 11.6. The van der Waals surface area contributed by atoms with Crippen LogP contribution in [0.2, 0.25) is 0 Å². The Morgan fingerprint density at radius 2 is 1.92 bits per heavy atom. The van der Waals surface area contributed by atoms with Crippen LogP contribution in [-0.4, -0.2) is 65.6 Å². The van der Waals surface area contributed by atoms with Gasteiger partial charge in [0, 0.05) is 39.4 Å². The van der Waals surface area contributed by atoms with Gasteiger partial charge in [0.25, 0.3) is 11.5 Å². The maximum Gasteiger partial charge on any atom is 0.263 e. The van der Waals surface area contributed by atoms with Crippen molar-refractivity contribution >= 4 is 11.8 Å². The molecule has 2 amide bonds. The van der Waals surface area contributed by atoms with Gasteiger partial charge < -0.3 is 19.1 Å². The fourth-order valence-electron chi connectivity index (χ4n) is 3.34.